The number of hydrogen-bond acceptors (Lipinski definition) is 4. The van der Waals surface area contributed by atoms with Crippen molar-refractivity contribution >= 4 is 27.9 Å². The molecule has 152 valence electrons. The van der Waals surface area contributed by atoms with Crippen molar-refractivity contribution in [1.82, 2.24) is 10.3 Å². The third-order valence-corrected chi connectivity index (χ3v) is 6.48. The Morgan fingerprint density at radius 3 is 2.70 bits per heavy atom. The fourth-order valence-corrected chi connectivity index (χ4v) is 4.66. The lowest BCUT2D eigenvalue weighted by Crippen LogP contribution is -2.21. The molecule has 5 heteroatoms. The number of benzene rings is 2. The number of hydrogen-bond donors (Lipinski definition) is 2. The van der Waals surface area contributed by atoms with Crippen LogP contribution in [0.2, 0.25) is 0 Å². The van der Waals surface area contributed by atoms with Crippen LogP contribution in [0.5, 0.6) is 0 Å². The number of nitrogens with zero attached hydrogens (tertiary/aromatic N) is 2. The van der Waals surface area contributed by atoms with E-state index >= 15 is 0 Å². The van der Waals surface area contributed by atoms with Crippen molar-refractivity contribution in [2.24, 2.45) is 0 Å². The second-order valence-electron chi connectivity index (χ2n) is 7.48. The molecule has 2 heterocycles. The van der Waals surface area contributed by atoms with Crippen LogP contribution in [-0.2, 0) is 6.54 Å². The van der Waals surface area contributed by atoms with Crippen LogP contribution in [0.25, 0.3) is 10.9 Å². The fraction of sp³-hybridized carbons (Fsp3) is 0.240. The summed E-state index contributed by atoms with van der Waals surface area (Å²) in [6.45, 7) is 2.46. The van der Waals surface area contributed by atoms with Crippen molar-refractivity contribution in [2.45, 2.75) is 18.9 Å². The molecule has 2 aromatic heterocycles. The van der Waals surface area contributed by atoms with Crippen LogP contribution in [0.3, 0.4) is 0 Å². The maximum atomic E-state index is 8.76. The average Bonchev–Trinajstić information content (AvgIpc) is 3.46. The second-order valence-corrected chi connectivity index (χ2v) is 8.46. The van der Waals surface area contributed by atoms with Gasteiger partial charge in [0.05, 0.1) is 12.5 Å². The zero-order chi connectivity index (χ0) is 20.8. The lowest BCUT2D eigenvalue weighted by molar-refractivity contribution is 0.643. The third-order valence-electron chi connectivity index (χ3n) is 5.50. The van der Waals surface area contributed by atoms with Crippen LogP contribution in [0.4, 0.5) is 5.69 Å². The number of rotatable bonds is 9. The van der Waals surface area contributed by atoms with E-state index in [0.29, 0.717) is 12.3 Å². The Balaban J connectivity index is 1.43. The maximum absolute atomic E-state index is 8.76. The highest BCUT2D eigenvalue weighted by molar-refractivity contribution is 7.10. The van der Waals surface area contributed by atoms with E-state index in [-0.39, 0.29) is 0 Å². The minimum atomic E-state index is 0.317. The van der Waals surface area contributed by atoms with Gasteiger partial charge >= 0.3 is 0 Å². The molecule has 0 saturated carbocycles. The lowest BCUT2D eigenvalue weighted by atomic mass is 9.96. The molecule has 0 spiro atoms. The highest BCUT2D eigenvalue weighted by Crippen LogP contribution is 2.32. The molecule has 0 radical (unpaired) electrons. The van der Waals surface area contributed by atoms with Gasteiger partial charge in [-0.2, -0.15) is 5.26 Å². The molecule has 4 aromatic rings. The minimum absolute atomic E-state index is 0.317. The van der Waals surface area contributed by atoms with Gasteiger partial charge in [0.2, 0.25) is 0 Å². The third kappa shape index (κ3) is 4.56. The molecular weight excluding hydrogens is 388 g/mol. The van der Waals surface area contributed by atoms with Crippen molar-refractivity contribution in [3.05, 3.63) is 88.2 Å². The summed E-state index contributed by atoms with van der Waals surface area (Å²) >= 11 is 1.81. The van der Waals surface area contributed by atoms with Gasteiger partial charge in [-0.25, -0.2) is 0 Å². The average molecular weight is 415 g/mol. The van der Waals surface area contributed by atoms with Gasteiger partial charge in [0.15, 0.2) is 0 Å². The largest absolute Gasteiger partial charge is 0.374 e. The van der Waals surface area contributed by atoms with Crippen LogP contribution in [-0.4, -0.2) is 25.1 Å². The lowest BCUT2D eigenvalue weighted by Gasteiger charge is -2.19. The monoisotopic (exact) mass is 414 g/mol. The topological polar surface area (TPSA) is 54.9 Å². The summed E-state index contributed by atoms with van der Waals surface area (Å²) in [4.78, 5) is 6.91. The van der Waals surface area contributed by atoms with E-state index in [1.807, 2.05) is 18.4 Å². The quantitative estimate of drug-likeness (QED) is 0.380. The second kappa shape index (κ2) is 9.62. The van der Waals surface area contributed by atoms with Crippen LogP contribution in [0.15, 0.2) is 72.2 Å². The zero-order valence-electron chi connectivity index (χ0n) is 17.1. The van der Waals surface area contributed by atoms with E-state index in [4.69, 9.17) is 5.26 Å². The van der Waals surface area contributed by atoms with Gasteiger partial charge in [-0.3, -0.25) is 0 Å². The Hall–Kier alpha value is -3.07. The highest BCUT2D eigenvalue weighted by Gasteiger charge is 2.18. The summed E-state index contributed by atoms with van der Waals surface area (Å²) < 4.78 is 0. The first kappa shape index (κ1) is 20.2. The van der Waals surface area contributed by atoms with Crippen molar-refractivity contribution in [3.63, 3.8) is 0 Å². The summed E-state index contributed by atoms with van der Waals surface area (Å²) in [7, 11) is 2.03. The first-order chi connectivity index (χ1) is 14.8. The summed E-state index contributed by atoms with van der Waals surface area (Å²) in [5.74, 6) is 0.317. The maximum Gasteiger partial charge on any atom is 0.0640 e. The van der Waals surface area contributed by atoms with Gasteiger partial charge in [-0.15, -0.1) is 11.3 Å². The molecule has 2 aromatic carbocycles. The number of fused-ring (bicyclic) bond motifs is 1. The van der Waals surface area contributed by atoms with Crippen LogP contribution in [0, 0.1) is 11.3 Å². The van der Waals surface area contributed by atoms with Crippen molar-refractivity contribution < 1.29 is 0 Å². The number of nitriles is 1. The van der Waals surface area contributed by atoms with E-state index in [0.717, 1.165) is 25.3 Å². The summed E-state index contributed by atoms with van der Waals surface area (Å²) in [5.41, 5.74) is 4.93. The number of aromatic nitrogens is 1. The van der Waals surface area contributed by atoms with Gasteiger partial charge in [0.1, 0.15) is 0 Å². The summed E-state index contributed by atoms with van der Waals surface area (Å²) in [6.07, 6.45) is 2.69. The van der Waals surface area contributed by atoms with Crippen molar-refractivity contribution in [2.75, 3.05) is 25.0 Å². The molecular formula is C25H26N4S. The van der Waals surface area contributed by atoms with Crippen LogP contribution < -0.4 is 10.2 Å². The van der Waals surface area contributed by atoms with Crippen LogP contribution in [0.1, 0.15) is 28.3 Å². The van der Waals surface area contributed by atoms with Crippen molar-refractivity contribution in [1.29, 1.82) is 5.26 Å². The van der Waals surface area contributed by atoms with Gasteiger partial charge in [0.25, 0.3) is 0 Å². The standard InChI is InChI=1S/C25H26N4S/c1-29(14-5-13-26)20-11-9-19(10-12-20)16-27-17-23(25-8-4-15-30-25)22-18-28-24-7-3-2-6-21(22)24/h2-4,6-12,15,18,23,27-28H,5,14,16-17H2,1H3. The number of para-hydroxylation sites is 1. The molecule has 0 aliphatic rings. The molecule has 0 aliphatic carbocycles. The Morgan fingerprint density at radius 1 is 1.10 bits per heavy atom. The predicted octanol–water partition coefficient (Wildman–Crippen LogP) is 5.50. The Bertz CT molecular complexity index is 1110. The Morgan fingerprint density at radius 2 is 1.93 bits per heavy atom. The summed E-state index contributed by atoms with van der Waals surface area (Å²) in [5, 5.41) is 15.9. The fourth-order valence-electron chi connectivity index (χ4n) is 3.81. The number of nitrogens with one attached hydrogen (secondary N) is 2. The van der Waals surface area contributed by atoms with E-state index in [1.54, 1.807) is 0 Å². The first-order valence-corrected chi connectivity index (χ1v) is 11.1. The van der Waals surface area contributed by atoms with Gasteiger partial charge in [0, 0.05) is 60.3 Å². The first-order valence-electron chi connectivity index (χ1n) is 10.2. The van der Waals surface area contributed by atoms with Crippen LogP contribution >= 0.6 is 11.3 Å². The highest BCUT2D eigenvalue weighted by atomic mass is 32.1. The molecule has 1 unspecified atom stereocenters. The number of H-pyrrole nitrogens is 1. The van der Waals surface area contributed by atoms with E-state index in [9.17, 15) is 0 Å². The number of aromatic amines is 1. The SMILES string of the molecule is CN(CCC#N)c1ccc(CNCC(c2cccs2)c2c[nH]c3ccccc23)cc1. The molecule has 0 saturated heterocycles. The number of anilines is 1. The van der Waals surface area contributed by atoms with Crippen molar-refractivity contribution in [3.8, 4) is 6.07 Å². The molecule has 2 N–H and O–H groups in total. The normalized spacial score (nSPS) is 12.0. The number of thiophene rings is 1. The minimum Gasteiger partial charge on any atom is -0.374 e. The van der Waals surface area contributed by atoms with E-state index in [1.165, 1.54) is 26.9 Å². The molecule has 0 fully saturated rings. The molecule has 30 heavy (non-hydrogen) atoms. The molecule has 0 aliphatic heterocycles. The summed E-state index contributed by atoms with van der Waals surface area (Å²) in [6, 6.07) is 23.6. The molecule has 0 bridgehead atoms. The zero-order valence-corrected chi connectivity index (χ0v) is 18.0. The van der Waals surface area contributed by atoms with Gasteiger partial charge in [-0.05, 0) is 40.8 Å². The van der Waals surface area contributed by atoms with E-state index < -0.39 is 0 Å². The Labute approximate surface area is 181 Å². The van der Waals surface area contributed by atoms with Gasteiger partial charge < -0.3 is 15.2 Å². The van der Waals surface area contributed by atoms with E-state index in [2.05, 4.69) is 93.5 Å². The Kier molecular flexibility index (Phi) is 6.48. The van der Waals surface area contributed by atoms with Gasteiger partial charge in [-0.1, -0.05) is 36.4 Å². The molecule has 4 nitrogen and oxygen atoms in total. The smallest absolute Gasteiger partial charge is 0.0640 e. The molecule has 1 atom stereocenters. The predicted molar refractivity (Wildman–Crippen MR) is 126 cm³/mol. The molecule has 4 rings (SSSR count). The molecule has 0 amide bonds.